The van der Waals surface area contributed by atoms with Gasteiger partial charge in [-0.3, -0.25) is 0 Å². The van der Waals surface area contributed by atoms with Crippen LogP contribution in [0.3, 0.4) is 0 Å². The summed E-state index contributed by atoms with van der Waals surface area (Å²) in [5.74, 6) is -0.115. The third-order valence-electron chi connectivity index (χ3n) is 2.19. The molecule has 0 unspecified atom stereocenters. The van der Waals surface area contributed by atoms with E-state index in [0.29, 0.717) is 0 Å². The van der Waals surface area contributed by atoms with Crippen molar-refractivity contribution in [3.8, 4) is 0 Å². The van der Waals surface area contributed by atoms with E-state index in [1.807, 2.05) is 12.2 Å². The lowest BCUT2D eigenvalue weighted by Gasteiger charge is -2.15. The summed E-state index contributed by atoms with van der Waals surface area (Å²) in [6, 6.07) is 3.28. The Balaban J connectivity index is 1.94. The van der Waals surface area contributed by atoms with Crippen molar-refractivity contribution in [3.63, 3.8) is 0 Å². The monoisotopic (exact) mass is 192 g/mol. The van der Waals surface area contributed by atoms with E-state index in [-0.39, 0.29) is 17.8 Å². The number of allylic oxidation sites excluding steroid dienone is 1. The summed E-state index contributed by atoms with van der Waals surface area (Å²) in [4.78, 5) is 11.4. The van der Waals surface area contributed by atoms with Crippen LogP contribution in [0.4, 0.5) is 0 Å². The van der Waals surface area contributed by atoms with Crippen LogP contribution in [0.5, 0.6) is 0 Å². The third kappa shape index (κ3) is 2.05. The van der Waals surface area contributed by atoms with Gasteiger partial charge in [0.05, 0.1) is 6.26 Å². The van der Waals surface area contributed by atoms with Crippen LogP contribution in [0.25, 0.3) is 0 Å². The molecule has 0 radical (unpaired) electrons. The molecule has 74 valence electrons. The van der Waals surface area contributed by atoms with E-state index in [1.54, 1.807) is 12.1 Å². The Morgan fingerprint density at radius 3 is 3.14 bits per heavy atom. The minimum Gasteiger partial charge on any atom is -0.457 e. The van der Waals surface area contributed by atoms with Crippen LogP contribution < -0.4 is 0 Å². The topological polar surface area (TPSA) is 39.4 Å². The van der Waals surface area contributed by atoms with Gasteiger partial charge in [0.25, 0.3) is 0 Å². The lowest BCUT2D eigenvalue weighted by Crippen LogP contribution is -2.17. The number of ether oxygens (including phenoxy) is 1. The minimum atomic E-state index is -0.383. The second-order valence-electron chi connectivity index (χ2n) is 3.28. The number of hydrogen-bond acceptors (Lipinski definition) is 3. The first-order chi connectivity index (χ1) is 6.86. The molecule has 1 aliphatic rings. The van der Waals surface area contributed by atoms with Crippen molar-refractivity contribution < 1.29 is 13.9 Å². The highest BCUT2D eigenvalue weighted by Crippen LogP contribution is 2.15. The van der Waals surface area contributed by atoms with E-state index in [0.717, 1.165) is 19.3 Å². The molecule has 0 bridgehead atoms. The van der Waals surface area contributed by atoms with Crippen LogP contribution in [0.2, 0.25) is 0 Å². The number of furan rings is 1. The maximum Gasteiger partial charge on any atom is 0.374 e. The number of esters is 1. The Hall–Kier alpha value is -1.51. The molecule has 1 heterocycles. The third-order valence-corrected chi connectivity index (χ3v) is 2.19. The predicted molar refractivity (Wildman–Crippen MR) is 50.9 cm³/mol. The number of carbonyl (C=O) groups is 1. The van der Waals surface area contributed by atoms with E-state index in [9.17, 15) is 4.79 Å². The van der Waals surface area contributed by atoms with Crippen molar-refractivity contribution in [1.82, 2.24) is 0 Å². The van der Waals surface area contributed by atoms with Crippen LogP contribution in [-0.4, -0.2) is 12.1 Å². The highest BCUT2D eigenvalue weighted by molar-refractivity contribution is 5.86. The predicted octanol–water partition coefficient (Wildman–Crippen LogP) is 2.55. The average Bonchev–Trinajstić information content (AvgIpc) is 2.72. The highest BCUT2D eigenvalue weighted by atomic mass is 16.6. The van der Waals surface area contributed by atoms with Gasteiger partial charge in [0.1, 0.15) is 6.10 Å². The Kier molecular flexibility index (Phi) is 2.68. The number of carbonyl (C=O) groups excluding carboxylic acids is 1. The Morgan fingerprint density at radius 2 is 2.50 bits per heavy atom. The van der Waals surface area contributed by atoms with Crippen molar-refractivity contribution in [3.05, 3.63) is 36.3 Å². The molecule has 0 aromatic carbocycles. The maximum atomic E-state index is 11.4. The highest BCUT2D eigenvalue weighted by Gasteiger charge is 2.16. The first-order valence-corrected chi connectivity index (χ1v) is 4.77. The summed E-state index contributed by atoms with van der Waals surface area (Å²) in [5, 5.41) is 0. The first kappa shape index (κ1) is 9.06. The molecule has 14 heavy (non-hydrogen) atoms. The molecule has 3 heteroatoms. The van der Waals surface area contributed by atoms with Gasteiger partial charge in [0.15, 0.2) is 0 Å². The molecule has 0 N–H and O–H groups in total. The second-order valence-corrected chi connectivity index (χ2v) is 3.28. The molecule has 1 aromatic heterocycles. The van der Waals surface area contributed by atoms with E-state index in [2.05, 4.69) is 0 Å². The van der Waals surface area contributed by atoms with Gasteiger partial charge in [-0.25, -0.2) is 4.79 Å². The zero-order chi connectivity index (χ0) is 9.80. The van der Waals surface area contributed by atoms with Crippen molar-refractivity contribution in [2.75, 3.05) is 0 Å². The molecular weight excluding hydrogens is 180 g/mol. The summed E-state index contributed by atoms with van der Waals surface area (Å²) >= 11 is 0. The van der Waals surface area contributed by atoms with Gasteiger partial charge in [-0.1, -0.05) is 6.08 Å². The van der Waals surface area contributed by atoms with E-state index in [1.165, 1.54) is 6.26 Å². The average molecular weight is 192 g/mol. The minimum absolute atomic E-state index is 0.0821. The molecule has 1 aromatic rings. The molecule has 0 saturated carbocycles. The molecule has 0 amide bonds. The first-order valence-electron chi connectivity index (χ1n) is 4.77. The Labute approximate surface area is 82.4 Å². The van der Waals surface area contributed by atoms with Crippen molar-refractivity contribution in [1.29, 1.82) is 0 Å². The maximum absolute atomic E-state index is 11.4. The normalized spacial score (nSPS) is 20.7. The Bertz CT molecular complexity index is 324. The standard InChI is InChI=1S/C11H12O3/c12-11(10-7-4-8-13-10)14-9-5-2-1-3-6-9/h2,4-5,7-9H,1,3,6H2/t9-/m1/s1. The summed E-state index contributed by atoms with van der Waals surface area (Å²) in [5.41, 5.74) is 0. The molecule has 0 fully saturated rings. The van der Waals surface area contributed by atoms with E-state index >= 15 is 0 Å². The zero-order valence-electron chi connectivity index (χ0n) is 7.81. The van der Waals surface area contributed by atoms with E-state index in [4.69, 9.17) is 9.15 Å². The van der Waals surface area contributed by atoms with Gasteiger partial charge in [0, 0.05) is 0 Å². The van der Waals surface area contributed by atoms with Crippen molar-refractivity contribution in [2.45, 2.75) is 25.4 Å². The molecule has 0 aliphatic heterocycles. The van der Waals surface area contributed by atoms with Crippen LogP contribution in [0, 0.1) is 0 Å². The number of hydrogen-bond donors (Lipinski definition) is 0. The van der Waals surface area contributed by atoms with E-state index < -0.39 is 0 Å². The summed E-state index contributed by atoms with van der Waals surface area (Å²) in [7, 11) is 0. The van der Waals surface area contributed by atoms with Gasteiger partial charge in [-0.05, 0) is 37.5 Å². The van der Waals surface area contributed by atoms with Gasteiger partial charge >= 0.3 is 5.97 Å². The fraction of sp³-hybridized carbons (Fsp3) is 0.364. The Morgan fingerprint density at radius 1 is 1.57 bits per heavy atom. The fourth-order valence-corrected chi connectivity index (χ4v) is 1.47. The zero-order valence-corrected chi connectivity index (χ0v) is 7.81. The summed E-state index contributed by atoms with van der Waals surface area (Å²) in [6.07, 6.45) is 8.42. The molecule has 0 spiro atoms. The molecule has 1 aliphatic carbocycles. The van der Waals surface area contributed by atoms with Gasteiger partial charge < -0.3 is 9.15 Å². The van der Waals surface area contributed by atoms with Crippen LogP contribution in [0.1, 0.15) is 29.8 Å². The van der Waals surface area contributed by atoms with Crippen molar-refractivity contribution in [2.24, 2.45) is 0 Å². The lowest BCUT2D eigenvalue weighted by molar-refractivity contribution is 0.0334. The lowest BCUT2D eigenvalue weighted by atomic mass is 10.1. The fourth-order valence-electron chi connectivity index (χ4n) is 1.47. The van der Waals surface area contributed by atoms with Gasteiger partial charge in [0.2, 0.25) is 5.76 Å². The van der Waals surface area contributed by atoms with Crippen LogP contribution in [-0.2, 0) is 4.74 Å². The molecule has 1 atom stereocenters. The van der Waals surface area contributed by atoms with Crippen LogP contribution in [0.15, 0.2) is 35.0 Å². The molecular formula is C11H12O3. The molecule has 3 nitrogen and oxygen atoms in total. The SMILES string of the molecule is O=C(O[C@@H]1C=CCCC1)c1ccco1. The molecule has 2 rings (SSSR count). The van der Waals surface area contributed by atoms with Crippen LogP contribution >= 0.6 is 0 Å². The molecule has 0 saturated heterocycles. The summed E-state index contributed by atoms with van der Waals surface area (Å²) < 4.78 is 10.2. The summed E-state index contributed by atoms with van der Waals surface area (Å²) in [6.45, 7) is 0. The smallest absolute Gasteiger partial charge is 0.374 e. The second kappa shape index (κ2) is 4.13. The number of rotatable bonds is 2. The quantitative estimate of drug-likeness (QED) is 0.534. The largest absolute Gasteiger partial charge is 0.457 e. The van der Waals surface area contributed by atoms with Gasteiger partial charge in [-0.15, -0.1) is 0 Å². The van der Waals surface area contributed by atoms with Crippen molar-refractivity contribution >= 4 is 5.97 Å². The van der Waals surface area contributed by atoms with Gasteiger partial charge in [-0.2, -0.15) is 0 Å².